The molecule has 1 aromatic carbocycles. The van der Waals surface area contributed by atoms with E-state index in [1.165, 1.54) is 0 Å². The Balaban J connectivity index is 1.72. The molecule has 2 N–H and O–H groups in total. The van der Waals surface area contributed by atoms with Crippen molar-refractivity contribution in [3.05, 3.63) is 18.2 Å². The lowest BCUT2D eigenvalue weighted by atomic mass is 10.3. The van der Waals surface area contributed by atoms with Crippen molar-refractivity contribution >= 4 is 33.5 Å². The van der Waals surface area contributed by atoms with E-state index < -0.39 is 10.8 Å². The molecule has 0 saturated carbocycles. The number of aromatic nitrogens is 1. The SMILES string of the molecule is Nc1ccc2oc(S(=O)CC(=O)N3CCOCC3)nc2c1. The lowest BCUT2D eigenvalue weighted by Gasteiger charge is -2.26. The van der Waals surface area contributed by atoms with Crippen LogP contribution in [0.1, 0.15) is 0 Å². The highest BCUT2D eigenvalue weighted by molar-refractivity contribution is 7.85. The second-order valence-electron chi connectivity index (χ2n) is 4.69. The lowest BCUT2D eigenvalue weighted by molar-refractivity contribution is -0.132. The number of anilines is 1. The van der Waals surface area contributed by atoms with Crippen LogP contribution in [0.3, 0.4) is 0 Å². The van der Waals surface area contributed by atoms with E-state index in [-0.39, 0.29) is 16.9 Å². The molecule has 2 aromatic rings. The van der Waals surface area contributed by atoms with Gasteiger partial charge < -0.3 is 19.8 Å². The number of amides is 1. The lowest BCUT2D eigenvalue weighted by Crippen LogP contribution is -2.42. The van der Waals surface area contributed by atoms with Gasteiger partial charge in [-0.05, 0) is 18.2 Å². The molecular weight excluding hydrogens is 294 g/mol. The van der Waals surface area contributed by atoms with Crippen LogP contribution in [-0.4, -0.2) is 52.1 Å². The first kappa shape index (κ1) is 14.0. The number of morpholine rings is 1. The Morgan fingerprint density at radius 3 is 2.90 bits per heavy atom. The van der Waals surface area contributed by atoms with Gasteiger partial charge in [-0.15, -0.1) is 0 Å². The van der Waals surface area contributed by atoms with Crippen LogP contribution in [-0.2, 0) is 20.3 Å². The van der Waals surface area contributed by atoms with Gasteiger partial charge in [0.1, 0.15) is 22.1 Å². The summed E-state index contributed by atoms with van der Waals surface area (Å²) in [6, 6.07) is 4.99. The van der Waals surface area contributed by atoms with Gasteiger partial charge >= 0.3 is 0 Å². The number of rotatable bonds is 3. The largest absolute Gasteiger partial charge is 0.430 e. The molecule has 1 fully saturated rings. The van der Waals surface area contributed by atoms with Gasteiger partial charge in [0.15, 0.2) is 5.58 Å². The van der Waals surface area contributed by atoms with Crippen molar-refractivity contribution in [2.45, 2.75) is 5.22 Å². The molecule has 1 saturated heterocycles. The van der Waals surface area contributed by atoms with E-state index in [0.717, 1.165) is 0 Å². The monoisotopic (exact) mass is 309 g/mol. The van der Waals surface area contributed by atoms with Crippen molar-refractivity contribution in [3.63, 3.8) is 0 Å². The van der Waals surface area contributed by atoms with E-state index in [1.807, 2.05) is 0 Å². The van der Waals surface area contributed by atoms with Crippen molar-refractivity contribution in [2.75, 3.05) is 37.8 Å². The van der Waals surface area contributed by atoms with E-state index in [1.54, 1.807) is 23.1 Å². The minimum absolute atomic E-state index is 0.0530. The molecule has 1 aromatic heterocycles. The summed E-state index contributed by atoms with van der Waals surface area (Å²) in [7, 11) is -1.61. The zero-order chi connectivity index (χ0) is 14.8. The molecule has 0 bridgehead atoms. The molecular formula is C13H15N3O4S. The van der Waals surface area contributed by atoms with Gasteiger partial charge in [0.05, 0.1) is 13.2 Å². The average molecular weight is 309 g/mol. The number of nitrogens with two attached hydrogens (primary N) is 1. The summed E-state index contributed by atoms with van der Waals surface area (Å²) in [5, 5.41) is 0.0530. The van der Waals surface area contributed by atoms with E-state index in [9.17, 15) is 9.00 Å². The average Bonchev–Trinajstić information content (AvgIpc) is 2.91. The second kappa shape index (κ2) is 5.82. The fourth-order valence-electron chi connectivity index (χ4n) is 2.10. The zero-order valence-corrected chi connectivity index (χ0v) is 12.1. The fourth-order valence-corrected chi connectivity index (χ4v) is 3.01. The molecule has 0 radical (unpaired) electrons. The Hall–Kier alpha value is -1.93. The molecule has 8 heteroatoms. The summed E-state index contributed by atoms with van der Waals surface area (Å²) in [5.41, 5.74) is 7.26. The summed E-state index contributed by atoms with van der Waals surface area (Å²) in [5.74, 6) is -0.319. The number of nitrogen functional groups attached to an aromatic ring is 1. The summed E-state index contributed by atoms with van der Waals surface area (Å²) >= 11 is 0. The van der Waals surface area contributed by atoms with Crippen molar-refractivity contribution in [1.82, 2.24) is 9.88 Å². The maximum atomic E-state index is 12.2. The first-order valence-corrected chi connectivity index (χ1v) is 7.85. The van der Waals surface area contributed by atoms with Crippen molar-refractivity contribution in [3.8, 4) is 0 Å². The van der Waals surface area contributed by atoms with Gasteiger partial charge in [0, 0.05) is 18.8 Å². The zero-order valence-electron chi connectivity index (χ0n) is 11.3. The molecule has 0 aliphatic carbocycles. The van der Waals surface area contributed by atoms with Gasteiger partial charge in [-0.2, -0.15) is 0 Å². The number of carbonyl (C=O) groups is 1. The minimum atomic E-state index is -1.61. The van der Waals surface area contributed by atoms with Crippen molar-refractivity contribution in [1.29, 1.82) is 0 Å². The normalized spacial score (nSPS) is 17.0. The third kappa shape index (κ3) is 3.06. The predicted molar refractivity (Wildman–Crippen MR) is 77.1 cm³/mol. The van der Waals surface area contributed by atoms with E-state index >= 15 is 0 Å². The molecule has 1 unspecified atom stereocenters. The number of oxazole rings is 1. The highest BCUT2D eigenvalue weighted by atomic mass is 32.2. The van der Waals surface area contributed by atoms with Crippen molar-refractivity contribution in [2.24, 2.45) is 0 Å². The second-order valence-corrected chi connectivity index (χ2v) is 6.02. The van der Waals surface area contributed by atoms with Crippen LogP contribution in [0.4, 0.5) is 5.69 Å². The summed E-state index contributed by atoms with van der Waals surface area (Å²) in [6.07, 6.45) is 0. The molecule has 2 heterocycles. The van der Waals surface area contributed by atoms with Gasteiger partial charge in [0.2, 0.25) is 5.91 Å². The Morgan fingerprint density at radius 1 is 1.38 bits per heavy atom. The molecule has 7 nitrogen and oxygen atoms in total. The number of fused-ring (bicyclic) bond motifs is 1. The maximum Gasteiger partial charge on any atom is 0.288 e. The van der Waals surface area contributed by atoms with Crippen LogP contribution < -0.4 is 5.73 Å². The Labute approximate surface area is 123 Å². The molecule has 21 heavy (non-hydrogen) atoms. The number of hydrogen-bond donors (Lipinski definition) is 1. The van der Waals surface area contributed by atoms with Gasteiger partial charge in [-0.3, -0.25) is 4.79 Å². The number of nitrogens with zero attached hydrogens (tertiary/aromatic N) is 2. The standard InChI is InChI=1S/C13H15N3O4S/c14-9-1-2-11-10(7-9)15-13(20-11)21(18)8-12(17)16-3-5-19-6-4-16/h1-2,7H,3-6,8,14H2. The summed E-state index contributed by atoms with van der Waals surface area (Å²) < 4.78 is 22.8. The number of benzene rings is 1. The third-order valence-corrected chi connectivity index (χ3v) is 4.28. The Morgan fingerprint density at radius 2 is 2.14 bits per heavy atom. The highest BCUT2D eigenvalue weighted by Crippen LogP contribution is 2.20. The molecule has 0 spiro atoms. The van der Waals surface area contributed by atoms with Crippen LogP contribution >= 0.6 is 0 Å². The number of carbonyl (C=O) groups excluding carboxylic acids is 1. The molecule has 1 aliphatic heterocycles. The molecule has 1 aliphatic rings. The van der Waals surface area contributed by atoms with E-state index in [2.05, 4.69) is 4.98 Å². The fraction of sp³-hybridized carbons (Fsp3) is 0.385. The highest BCUT2D eigenvalue weighted by Gasteiger charge is 2.22. The molecule has 1 amide bonds. The Kier molecular flexibility index (Phi) is 3.89. The maximum absolute atomic E-state index is 12.2. The predicted octanol–water partition coefficient (Wildman–Crippen LogP) is 0.376. The van der Waals surface area contributed by atoms with Crippen molar-refractivity contribution < 1.29 is 18.2 Å². The quantitative estimate of drug-likeness (QED) is 0.823. The summed E-state index contributed by atoms with van der Waals surface area (Å²) in [6.45, 7) is 2.08. The smallest absolute Gasteiger partial charge is 0.288 e. The third-order valence-electron chi connectivity index (χ3n) is 3.21. The first-order chi connectivity index (χ1) is 10.1. The van der Waals surface area contributed by atoms with Crippen LogP contribution in [0.2, 0.25) is 0 Å². The Bertz CT molecular complexity index is 694. The topological polar surface area (TPSA) is 98.7 Å². The van der Waals surface area contributed by atoms with Gasteiger partial charge in [-0.1, -0.05) is 0 Å². The van der Waals surface area contributed by atoms with Crippen LogP contribution in [0.5, 0.6) is 0 Å². The molecule has 112 valence electrons. The van der Waals surface area contributed by atoms with Crippen LogP contribution in [0.15, 0.2) is 27.8 Å². The molecule has 1 atom stereocenters. The van der Waals surface area contributed by atoms with Gasteiger partial charge in [0.25, 0.3) is 5.22 Å². The number of hydrogen-bond acceptors (Lipinski definition) is 6. The van der Waals surface area contributed by atoms with E-state index in [0.29, 0.717) is 43.1 Å². The van der Waals surface area contributed by atoms with Crippen LogP contribution in [0.25, 0.3) is 11.1 Å². The van der Waals surface area contributed by atoms with Gasteiger partial charge in [-0.25, -0.2) is 9.19 Å². The minimum Gasteiger partial charge on any atom is -0.430 e. The summed E-state index contributed by atoms with van der Waals surface area (Å²) in [4.78, 5) is 17.8. The molecule has 3 rings (SSSR count). The van der Waals surface area contributed by atoms with E-state index in [4.69, 9.17) is 14.9 Å². The van der Waals surface area contributed by atoms with Crippen LogP contribution in [0, 0.1) is 0 Å². The number of ether oxygens (including phenoxy) is 1. The first-order valence-electron chi connectivity index (χ1n) is 6.53.